The molecule has 1 aromatic heterocycles. The molecular formula is C17H24ClN3. The van der Waals surface area contributed by atoms with Crippen LogP contribution in [0.1, 0.15) is 38.8 Å². The van der Waals surface area contributed by atoms with Gasteiger partial charge in [-0.25, -0.2) is 0 Å². The van der Waals surface area contributed by atoms with Gasteiger partial charge in [0.15, 0.2) is 0 Å². The number of pyridine rings is 1. The van der Waals surface area contributed by atoms with Crippen molar-refractivity contribution < 1.29 is 0 Å². The Labute approximate surface area is 132 Å². The zero-order valence-corrected chi connectivity index (χ0v) is 13.8. The number of fused-ring (bicyclic) bond motifs is 1. The fraction of sp³-hybridized carbons (Fsp3) is 0.471. The van der Waals surface area contributed by atoms with Gasteiger partial charge in [-0.1, -0.05) is 31.5 Å². The molecule has 0 bridgehead atoms. The van der Waals surface area contributed by atoms with E-state index in [9.17, 15) is 0 Å². The zero-order chi connectivity index (χ0) is 15.4. The molecule has 4 heteroatoms. The lowest BCUT2D eigenvalue weighted by Crippen LogP contribution is -2.39. The van der Waals surface area contributed by atoms with Crippen LogP contribution in [0.25, 0.3) is 10.9 Å². The summed E-state index contributed by atoms with van der Waals surface area (Å²) in [7, 11) is 0. The Morgan fingerprint density at radius 3 is 2.67 bits per heavy atom. The van der Waals surface area contributed by atoms with Gasteiger partial charge in [-0.05, 0) is 43.7 Å². The number of aromatic nitrogens is 1. The van der Waals surface area contributed by atoms with Crippen molar-refractivity contribution >= 4 is 22.5 Å². The molecule has 0 aliphatic carbocycles. The molecule has 0 amide bonds. The van der Waals surface area contributed by atoms with Crippen LogP contribution < -0.4 is 5.73 Å². The number of hydrogen-bond acceptors (Lipinski definition) is 3. The van der Waals surface area contributed by atoms with Crippen LogP contribution in [-0.2, 0) is 0 Å². The molecule has 114 valence electrons. The van der Waals surface area contributed by atoms with Gasteiger partial charge in [-0.2, -0.15) is 0 Å². The molecule has 3 nitrogen and oxygen atoms in total. The SMILES string of the molecule is CCC(C)N(CC)C(CN)c1ccc(Cl)c2cccnc12. The highest BCUT2D eigenvalue weighted by molar-refractivity contribution is 6.35. The van der Waals surface area contributed by atoms with Gasteiger partial charge >= 0.3 is 0 Å². The third kappa shape index (κ3) is 3.20. The molecule has 2 rings (SSSR count). The van der Waals surface area contributed by atoms with Crippen molar-refractivity contribution in [2.75, 3.05) is 13.1 Å². The van der Waals surface area contributed by atoms with Crippen LogP contribution in [0.3, 0.4) is 0 Å². The van der Waals surface area contributed by atoms with Crippen molar-refractivity contribution in [3.8, 4) is 0 Å². The average molecular weight is 306 g/mol. The van der Waals surface area contributed by atoms with Crippen LogP contribution >= 0.6 is 11.6 Å². The Bertz CT molecular complexity index is 600. The molecule has 2 unspecified atom stereocenters. The van der Waals surface area contributed by atoms with Crippen molar-refractivity contribution in [1.29, 1.82) is 0 Å². The maximum Gasteiger partial charge on any atom is 0.0765 e. The Morgan fingerprint density at radius 2 is 2.05 bits per heavy atom. The summed E-state index contributed by atoms with van der Waals surface area (Å²) in [6.45, 7) is 8.18. The van der Waals surface area contributed by atoms with E-state index >= 15 is 0 Å². The molecular weight excluding hydrogens is 282 g/mol. The first kappa shape index (κ1) is 16.2. The predicted molar refractivity (Wildman–Crippen MR) is 90.7 cm³/mol. The Balaban J connectivity index is 2.54. The van der Waals surface area contributed by atoms with Crippen LogP contribution in [0.15, 0.2) is 30.5 Å². The Hall–Kier alpha value is -1.16. The van der Waals surface area contributed by atoms with Gasteiger partial charge in [-0.15, -0.1) is 0 Å². The minimum Gasteiger partial charge on any atom is -0.329 e. The second-order valence-electron chi connectivity index (χ2n) is 5.38. The Kier molecular flexibility index (Phi) is 5.57. The summed E-state index contributed by atoms with van der Waals surface area (Å²) in [5, 5.41) is 1.74. The molecule has 2 atom stereocenters. The van der Waals surface area contributed by atoms with Gasteiger partial charge < -0.3 is 5.73 Å². The van der Waals surface area contributed by atoms with E-state index in [2.05, 4.69) is 36.7 Å². The minimum absolute atomic E-state index is 0.166. The molecule has 1 aromatic carbocycles. The van der Waals surface area contributed by atoms with Crippen LogP contribution in [0, 0.1) is 0 Å². The molecule has 0 aliphatic rings. The molecule has 2 aromatic rings. The summed E-state index contributed by atoms with van der Waals surface area (Å²) in [4.78, 5) is 6.99. The van der Waals surface area contributed by atoms with Gasteiger partial charge in [0.2, 0.25) is 0 Å². The van der Waals surface area contributed by atoms with E-state index in [0.717, 1.165) is 28.9 Å². The minimum atomic E-state index is 0.166. The fourth-order valence-electron chi connectivity index (χ4n) is 2.94. The molecule has 21 heavy (non-hydrogen) atoms. The number of nitrogens with zero attached hydrogens (tertiary/aromatic N) is 2. The first-order valence-corrected chi connectivity index (χ1v) is 8.00. The highest BCUT2D eigenvalue weighted by atomic mass is 35.5. The van der Waals surface area contributed by atoms with Crippen molar-refractivity contribution in [2.24, 2.45) is 5.73 Å². The summed E-state index contributed by atoms with van der Waals surface area (Å²) < 4.78 is 0. The van der Waals surface area contributed by atoms with Crippen LogP contribution in [-0.4, -0.2) is 29.0 Å². The monoisotopic (exact) mass is 305 g/mol. The molecule has 1 heterocycles. The number of rotatable bonds is 6. The van der Waals surface area contributed by atoms with Crippen molar-refractivity contribution in [3.63, 3.8) is 0 Å². The van der Waals surface area contributed by atoms with E-state index in [0.29, 0.717) is 12.6 Å². The van der Waals surface area contributed by atoms with Crippen LogP contribution in [0.4, 0.5) is 0 Å². The lowest BCUT2D eigenvalue weighted by Gasteiger charge is -2.35. The maximum atomic E-state index is 6.30. The zero-order valence-electron chi connectivity index (χ0n) is 13.0. The molecule has 0 aliphatic heterocycles. The van der Waals surface area contributed by atoms with Crippen LogP contribution in [0.5, 0.6) is 0 Å². The van der Waals surface area contributed by atoms with Gasteiger partial charge in [0.1, 0.15) is 0 Å². The van der Waals surface area contributed by atoms with Gasteiger partial charge in [0.05, 0.1) is 5.52 Å². The van der Waals surface area contributed by atoms with Crippen LogP contribution in [0.2, 0.25) is 5.02 Å². The molecule has 0 fully saturated rings. The molecule has 0 saturated carbocycles. The number of likely N-dealkylation sites (N-methyl/N-ethyl adjacent to an activating group) is 1. The summed E-state index contributed by atoms with van der Waals surface area (Å²) in [5.74, 6) is 0. The van der Waals surface area contributed by atoms with Crippen molar-refractivity contribution in [3.05, 3.63) is 41.0 Å². The molecule has 2 N–H and O–H groups in total. The van der Waals surface area contributed by atoms with E-state index in [1.165, 1.54) is 5.56 Å². The molecule has 0 saturated heterocycles. The second-order valence-corrected chi connectivity index (χ2v) is 5.78. The van der Waals surface area contributed by atoms with Crippen molar-refractivity contribution in [1.82, 2.24) is 9.88 Å². The standard InChI is InChI=1S/C17H24ClN3/c1-4-12(3)21(5-2)16(11-19)14-8-9-15(18)13-7-6-10-20-17(13)14/h6-10,12,16H,4-5,11,19H2,1-3H3. The van der Waals surface area contributed by atoms with Gasteiger partial charge in [0, 0.05) is 35.2 Å². The maximum absolute atomic E-state index is 6.30. The summed E-state index contributed by atoms with van der Waals surface area (Å²) in [6, 6.07) is 8.61. The van der Waals surface area contributed by atoms with E-state index in [4.69, 9.17) is 17.3 Å². The van der Waals surface area contributed by atoms with Gasteiger partial charge in [-0.3, -0.25) is 9.88 Å². The first-order valence-electron chi connectivity index (χ1n) is 7.62. The van der Waals surface area contributed by atoms with E-state index in [-0.39, 0.29) is 6.04 Å². The lowest BCUT2D eigenvalue weighted by atomic mass is 9.99. The highest BCUT2D eigenvalue weighted by Crippen LogP contribution is 2.31. The fourth-order valence-corrected chi connectivity index (χ4v) is 3.16. The smallest absolute Gasteiger partial charge is 0.0765 e. The summed E-state index contributed by atoms with van der Waals surface area (Å²) >= 11 is 6.30. The molecule has 0 spiro atoms. The number of nitrogens with two attached hydrogens (primary N) is 1. The third-order valence-corrected chi connectivity index (χ3v) is 4.58. The van der Waals surface area contributed by atoms with E-state index in [1.807, 2.05) is 24.4 Å². The normalized spacial score (nSPS) is 14.6. The number of halogens is 1. The summed E-state index contributed by atoms with van der Waals surface area (Å²) in [6.07, 6.45) is 2.92. The topological polar surface area (TPSA) is 42.1 Å². The second kappa shape index (κ2) is 7.21. The Morgan fingerprint density at radius 1 is 1.29 bits per heavy atom. The predicted octanol–water partition coefficient (Wildman–Crippen LogP) is 4.01. The van der Waals surface area contributed by atoms with E-state index in [1.54, 1.807) is 0 Å². The quantitative estimate of drug-likeness (QED) is 0.877. The first-order chi connectivity index (χ1) is 10.1. The largest absolute Gasteiger partial charge is 0.329 e. The average Bonchev–Trinajstić information content (AvgIpc) is 2.53. The lowest BCUT2D eigenvalue weighted by molar-refractivity contribution is 0.153. The van der Waals surface area contributed by atoms with Gasteiger partial charge in [0.25, 0.3) is 0 Å². The van der Waals surface area contributed by atoms with E-state index < -0.39 is 0 Å². The third-order valence-electron chi connectivity index (χ3n) is 4.25. The van der Waals surface area contributed by atoms with Crippen molar-refractivity contribution in [2.45, 2.75) is 39.3 Å². The molecule has 0 radical (unpaired) electrons. The number of benzene rings is 1. The highest BCUT2D eigenvalue weighted by Gasteiger charge is 2.24. The number of hydrogen-bond donors (Lipinski definition) is 1. The summed E-state index contributed by atoms with van der Waals surface area (Å²) in [5.41, 5.74) is 8.23.